The molecule has 4 aromatic rings. The van der Waals surface area contributed by atoms with E-state index in [1.807, 2.05) is 29.9 Å². The molecule has 2 heterocycles. The molecule has 0 aliphatic rings. The third kappa shape index (κ3) is 5.26. The Labute approximate surface area is 192 Å². The van der Waals surface area contributed by atoms with Crippen LogP contribution < -0.4 is 5.32 Å². The van der Waals surface area contributed by atoms with Gasteiger partial charge in [0.05, 0.1) is 10.7 Å². The number of rotatable bonds is 8. The van der Waals surface area contributed by atoms with E-state index in [1.54, 1.807) is 22.8 Å². The van der Waals surface area contributed by atoms with Crippen molar-refractivity contribution < 1.29 is 14.1 Å². The number of hydrogen-bond acceptors (Lipinski definition) is 6. The van der Waals surface area contributed by atoms with E-state index < -0.39 is 4.92 Å². The summed E-state index contributed by atoms with van der Waals surface area (Å²) in [5.41, 5.74) is 1.92. The quantitative estimate of drug-likeness (QED) is 0.239. The number of aryl methyl sites for hydroxylation is 1. The molecule has 0 atom stereocenters. The van der Waals surface area contributed by atoms with E-state index in [0.29, 0.717) is 28.8 Å². The van der Waals surface area contributed by atoms with E-state index >= 15 is 0 Å². The van der Waals surface area contributed by atoms with Gasteiger partial charge < -0.3 is 9.88 Å². The highest BCUT2D eigenvalue weighted by molar-refractivity contribution is 7.99. The summed E-state index contributed by atoms with van der Waals surface area (Å²) in [5, 5.41) is 22.6. The number of halogens is 1. The van der Waals surface area contributed by atoms with Crippen LogP contribution in [-0.4, -0.2) is 35.9 Å². The van der Waals surface area contributed by atoms with Crippen molar-refractivity contribution in [3.8, 4) is 5.69 Å². The predicted molar refractivity (Wildman–Crippen MR) is 122 cm³/mol. The average Bonchev–Trinajstić information content (AvgIpc) is 3.39. The van der Waals surface area contributed by atoms with Gasteiger partial charge in [-0.05, 0) is 42.5 Å². The highest BCUT2D eigenvalue weighted by Crippen LogP contribution is 2.24. The molecule has 0 aliphatic carbocycles. The standard InChI is InChI=1S/C22H19FN6O3S/c1-27-11-3-6-18(27)13-20-25-26-22(28(20)17-9-7-15(23)8-10-17)33-14-21(30)24-16-4-2-5-19(12-16)29(31)32/h2-12H,13-14H2,1H3,(H,24,30). The van der Waals surface area contributed by atoms with Crippen molar-refractivity contribution in [3.63, 3.8) is 0 Å². The van der Waals surface area contributed by atoms with Crippen molar-refractivity contribution in [1.82, 2.24) is 19.3 Å². The number of hydrogen-bond donors (Lipinski definition) is 1. The number of carbonyl (C=O) groups is 1. The van der Waals surface area contributed by atoms with Gasteiger partial charge >= 0.3 is 0 Å². The molecule has 168 valence electrons. The molecule has 0 aliphatic heterocycles. The predicted octanol–water partition coefficient (Wildman–Crippen LogP) is 3.97. The first-order chi connectivity index (χ1) is 15.9. The number of nitrogens with one attached hydrogen (secondary N) is 1. The van der Waals surface area contributed by atoms with Crippen LogP contribution in [0.25, 0.3) is 5.69 Å². The molecule has 2 aromatic heterocycles. The molecule has 2 aromatic carbocycles. The van der Waals surface area contributed by atoms with E-state index in [4.69, 9.17) is 0 Å². The second kappa shape index (κ2) is 9.65. The van der Waals surface area contributed by atoms with E-state index in [1.165, 1.54) is 30.3 Å². The molecule has 11 heteroatoms. The van der Waals surface area contributed by atoms with Crippen LogP contribution in [0.1, 0.15) is 11.5 Å². The number of aromatic nitrogens is 4. The Bertz CT molecular complexity index is 1300. The van der Waals surface area contributed by atoms with Crippen LogP contribution in [-0.2, 0) is 18.3 Å². The normalized spacial score (nSPS) is 10.8. The van der Waals surface area contributed by atoms with Gasteiger partial charge in [0.1, 0.15) is 11.6 Å². The lowest BCUT2D eigenvalue weighted by atomic mass is 10.2. The Hall–Kier alpha value is -3.99. The smallest absolute Gasteiger partial charge is 0.271 e. The van der Waals surface area contributed by atoms with Gasteiger partial charge in [0.25, 0.3) is 5.69 Å². The van der Waals surface area contributed by atoms with Crippen LogP contribution in [0.5, 0.6) is 0 Å². The number of nitro groups is 1. The summed E-state index contributed by atoms with van der Waals surface area (Å²) in [4.78, 5) is 22.9. The molecule has 0 radical (unpaired) electrons. The monoisotopic (exact) mass is 466 g/mol. The highest BCUT2D eigenvalue weighted by atomic mass is 32.2. The number of non-ortho nitro benzene ring substituents is 1. The van der Waals surface area contributed by atoms with Crippen LogP contribution >= 0.6 is 11.8 Å². The van der Waals surface area contributed by atoms with Crippen LogP contribution in [0, 0.1) is 15.9 Å². The molecule has 1 amide bonds. The SMILES string of the molecule is Cn1cccc1Cc1nnc(SCC(=O)Nc2cccc([N+](=O)[O-])c2)n1-c1ccc(F)cc1. The van der Waals surface area contributed by atoms with Gasteiger partial charge in [0, 0.05) is 48.9 Å². The third-order valence-corrected chi connectivity index (χ3v) is 5.78. The number of amides is 1. The molecule has 0 bridgehead atoms. The van der Waals surface area contributed by atoms with Crippen molar-refractivity contribution >= 4 is 29.0 Å². The Kier molecular flexibility index (Phi) is 6.50. The zero-order valence-corrected chi connectivity index (χ0v) is 18.3. The van der Waals surface area contributed by atoms with Crippen molar-refractivity contribution in [1.29, 1.82) is 0 Å². The molecule has 0 unspecified atom stereocenters. The Morgan fingerprint density at radius 1 is 1.15 bits per heavy atom. The summed E-state index contributed by atoms with van der Waals surface area (Å²) < 4.78 is 17.2. The molecule has 33 heavy (non-hydrogen) atoms. The van der Waals surface area contributed by atoms with E-state index in [2.05, 4.69) is 15.5 Å². The minimum absolute atomic E-state index is 0.00613. The fourth-order valence-electron chi connectivity index (χ4n) is 3.22. The minimum atomic E-state index is -0.524. The first kappa shape index (κ1) is 22.2. The number of anilines is 1. The van der Waals surface area contributed by atoms with Gasteiger partial charge in [0.15, 0.2) is 5.16 Å². The molecular formula is C22H19FN6O3S. The highest BCUT2D eigenvalue weighted by Gasteiger charge is 2.18. The van der Waals surface area contributed by atoms with Gasteiger partial charge in [-0.3, -0.25) is 19.5 Å². The third-order valence-electron chi connectivity index (χ3n) is 4.85. The first-order valence-electron chi connectivity index (χ1n) is 9.88. The second-order valence-electron chi connectivity index (χ2n) is 7.14. The fourth-order valence-corrected chi connectivity index (χ4v) is 4.00. The Morgan fingerprint density at radius 3 is 2.64 bits per heavy atom. The summed E-state index contributed by atoms with van der Waals surface area (Å²) in [6, 6.07) is 15.6. The van der Waals surface area contributed by atoms with E-state index in [9.17, 15) is 19.3 Å². The van der Waals surface area contributed by atoms with Crippen LogP contribution in [0.4, 0.5) is 15.8 Å². The van der Waals surface area contributed by atoms with Crippen LogP contribution in [0.3, 0.4) is 0 Å². The molecule has 9 nitrogen and oxygen atoms in total. The summed E-state index contributed by atoms with van der Waals surface area (Å²) in [6.45, 7) is 0. The zero-order valence-electron chi connectivity index (χ0n) is 17.5. The Morgan fingerprint density at radius 2 is 1.94 bits per heavy atom. The maximum absolute atomic E-state index is 13.5. The van der Waals surface area contributed by atoms with Gasteiger partial charge in [0.2, 0.25) is 5.91 Å². The molecule has 0 saturated heterocycles. The van der Waals surface area contributed by atoms with Gasteiger partial charge in [-0.15, -0.1) is 10.2 Å². The topological polar surface area (TPSA) is 108 Å². The van der Waals surface area contributed by atoms with E-state index in [-0.39, 0.29) is 23.2 Å². The lowest BCUT2D eigenvalue weighted by Crippen LogP contribution is -2.15. The molecule has 1 N–H and O–H groups in total. The largest absolute Gasteiger partial charge is 0.354 e. The number of nitrogens with zero attached hydrogens (tertiary/aromatic N) is 5. The summed E-state index contributed by atoms with van der Waals surface area (Å²) >= 11 is 1.16. The van der Waals surface area contributed by atoms with Gasteiger partial charge in [-0.25, -0.2) is 4.39 Å². The van der Waals surface area contributed by atoms with Crippen molar-refractivity contribution in [2.75, 3.05) is 11.1 Å². The van der Waals surface area contributed by atoms with Gasteiger partial charge in [-0.2, -0.15) is 0 Å². The molecular weight excluding hydrogens is 447 g/mol. The molecule has 0 saturated carbocycles. The minimum Gasteiger partial charge on any atom is -0.354 e. The van der Waals surface area contributed by atoms with Crippen LogP contribution in [0.2, 0.25) is 0 Å². The lowest BCUT2D eigenvalue weighted by molar-refractivity contribution is -0.384. The summed E-state index contributed by atoms with van der Waals surface area (Å²) in [6.07, 6.45) is 2.43. The number of carbonyl (C=O) groups excluding carboxylic acids is 1. The van der Waals surface area contributed by atoms with E-state index in [0.717, 1.165) is 17.5 Å². The number of benzene rings is 2. The van der Waals surface area contributed by atoms with Crippen molar-refractivity contribution in [2.45, 2.75) is 11.6 Å². The van der Waals surface area contributed by atoms with Crippen molar-refractivity contribution in [3.05, 3.63) is 94.3 Å². The summed E-state index contributed by atoms with van der Waals surface area (Å²) in [5.74, 6) is -0.0592. The fraction of sp³-hybridized carbons (Fsp3) is 0.136. The molecule has 0 fully saturated rings. The molecule has 0 spiro atoms. The summed E-state index contributed by atoms with van der Waals surface area (Å²) in [7, 11) is 1.93. The maximum atomic E-state index is 13.5. The Balaban J connectivity index is 1.54. The maximum Gasteiger partial charge on any atom is 0.271 e. The average molecular weight is 466 g/mol. The van der Waals surface area contributed by atoms with Crippen molar-refractivity contribution in [2.24, 2.45) is 7.05 Å². The van der Waals surface area contributed by atoms with Crippen LogP contribution in [0.15, 0.2) is 72.0 Å². The lowest BCUT2D eigenvalue weighted by Gasteiger charge is -2.11. The first-order valence-corrected chi connectivity index (χ1v) is 10.9. The number of nitro benzene ring substituents is 1. The second-order valence-corrected chi connectivity index (χ2v) is 8.08. The molecule has 4 rings (SSSR count). The number of thioether (sulfide) groups is 1. The van der Waals surface area contributed by atoms with Gasteiger partial charge in [-0.1, -0.05) is 17.8 Å². The zero-order chi connectivity index (χ0) is 23.4.